The molecule has 38 heavy (non-hydrogen) atoms. The molecule has 3 heterocycles. The number of pyridine rings is 1. The van der Waals surface area contributed by atoms with Gasteiger partial charge in [-0.05, 0) is 72.2 Å². The van der Waals surface area contributed by atoms with E-state index in [1.54, 1.807) is 11.8 Å². The minimum atomic E-state index is 0.341. The normalized spacial score (nSPS) is 18.2. The lowest BCUT2D eigenvalue weighted by Gasteiger charge is -2.39. The molecule has 4 aromatic rings. The number of ether oxygens (including phenoxy) is 1. The van der Waals surface area contributed by atoms with E-state index in [2.05, 4.69) is 63.9 Å². The molecule has 1 saturated heterocycles. The van der Waals surface area contributed by atoms with Crippen LogP contribution in [0.3, 0.4) is 0 Å². The van der Waals surface area contributed by atoms with Crippen LogP contribution in [-0.4, -0.2) is 47.6 Å². The zero-order valence-corrected chi connectivity index (χ0v) is 23.0. The van der Waals surface area contributed by atoms with Gasteiger partial charge in [0.25, 0.3) is 0 Å². The first kappa shape index (κ1) is 25.0. The number of hydrogen-bond acceptors (Lipinski definition) is 4. The van der Waals surface area contributed by atoms with Gasteiger partial charge in [-0.2, -0.15) is 0 Å². The second-order valence-electron chi connectivity index (χ2n) is 11.4. The fourth-order valence-electron chi connectivity index (χ4n) is 5.75. The zero-order chi connectivity index (χ0) is 26.1. The van der Waals surface area contributed by atoms with Crippen molar-refractivity contribution < 1.29 is 4.74 Å². The van der Waals surface area contributed by atoms with Gasteiger partial charge in [0, 0.05) is 61.1 Å². The number of allylic oxidation sites excluding steroid dienone is 1. The Morgan fingerprint density at radius 2 is 1.79 bits per heavy atom. The third-order valence-electron chi connectivity index (χ3n) is 7.96. The van der Waals surface area contributed by atoms with Gasteiger partial charge in [0.1, 0.15) is 17.1 Å². The SMILES string of the molecule is CC1(C)CCC(CN2CCN(c3cccc(Oc4cnc5[nH]ccc5c4)c3)CC2)=C(c2ccc(Cl)cc2)C1. The molecular formula is C32H35ClN4O. The number of rotatable bonds is 6. The first-order valence-electron chi connectivity index (χ1n) is 13.6. The van der Waals surface area contributed by atoms with Crippen LogP contribution in [0.5, 0.6) is 11.5 Å². The second-order valence-corrected chi connectivity index (χ2v) is 11.8. The molecule has 2 aromatic heterocycles. The van der Waals surface area contributed by atoms with Gasteiger partial charge in [-0.15, -0.1) is 0 Å². The summed E-state index contributed by atoms with van der Waals surface area (Å²) in [6.07, 6.45) is 7.21. The lowest BCUT2D eigenvalue weighted by molar-refractivity contribution is 0.264. The highest BCUT2D eigenvalue weighted by Gasteiger charge is 2.29. The molecule has 1 fully saturated rings. The maximum Gasteiger partial charge on any atom is 0.146 e. The van der Waals surface area contributed by atoms with E-state index in [0.717, 1.165) is 66.7 Å². The van der Waals surface area contributed by atoms with E-state index in [0.29, 0.717) is 5.41 Å². The Bertz CT molecular complexity index is 1450. The number of nitrogens with zero attached hydrogens (tertiary/aromatic N) is 3. The Labute approximate surface area is 230 Å². The highest BCUT2D eigenvalue weighted by atomic mass is 35.5. The van der Waals surface area contributed by atoms with E-state index in [1.165, 1.54) is 29.7 Å². The van der Waals surface area contributed by atoms with Crippen molar-refractivity contribution in [3.8, 4) is 11.5 Å². The summed E-state index contributed by atoms with van der Waals surface area (Å²) in [5.41, 5.74) is 6.88. The van der Waals surface area contributed by atoms with Gasteiger partial charge in [-0.1, -0.05) is 49.2 Å². The van der Waals surface area contributed by atoms with Gasteiger partial charge in [0.15, 0.2) is 0 Å². The topological polar surface area (TPSA) is 44.4 Å². The van der Waals surface area contributed by atoms with Crippen molar-refractivity contribution in [1.29, 1.82) is 0 Å². The minimum Gasteiger partial charge on any atom is -0.456 e. The van der Waals surface area contributed by atoms with E-state index in [1.807, 2.05) is 36.5 Å². The quantitative estimate of drug-likeness (QED) is 0.278. The Kier molecular flexibility index (Phi) is 6.89. The molecule has 196 valence electrons. The van der Waals surface area contributed by atoms with Crippen LogP contribution in [0.4, 0.5) is 5.69 Å². The van der Waals surface area contributed by atoms with Crippen LogP contribution in [0.2, 0.25) is 5.02 Å². The maximum absolute atomic E-state index is 6.19. The smallest absolute Gasteiger partial charge is 0.146 e. The largest absolute Gasteiger partial charge is 0.456 e. The second kappa shape index (κ2) is 10.5. The van der Waals surface area contributed by atoms with Gasteiger partial charge in [-0.3, -0.25) is 4.90 Å². The van der Waals surface area contributed by atoms with E-state index in [9.17, 15) is 0 Å². The third kappa shape index (κ3) is 5.59. The molecule has 0 saturated carbocycles. The molecule has 2 aliphatic rings. The van der Waals surface area contributed by atoms with Crippen molar-refractivity contribution in [1.82, 2.24) is 14.9 Å². The number of aromatic nitrogens is 2. The van der Waals surface area contributed by atoms with E-state index >= 15 is 0 Å². The summed E-state index contributed by atoms with van der Waals surface area (Å²) in [7, 11) is 0. The molecule has 5 nitrogen and oxygen atoms in total. The number of benzene rings is 2. The molecule has 0 bridgehead atoms. The van der Waals surface area contributed by atoms with Crippen LogP contribution in [0.25, 0.3) is 16.6 Å². The van der Waals surface area contributed by atoms with Crippen LogP contribution < -0.4 is 9.64 Å². The zero-order valence-electron chi connectivity index (χ0n) is 22.2. The van der Waals surface area contributed by atoms with Crippen LogP contribution in [0, 0.1) is 5.41 Å². The fourth-order valence-corrected chi connectivity index (χ4v) is 5.88. The van der Waals surface area contributed by atoms with Crippen LogP contribution in [-0.2, 0) is 0 Å². The molecule has 1 aliphatic carbocycles. The predicted octanol–water partition coefficient (Wildman–Crippen LogP) is 7.79. The Balaban J connectivity index is 1.11. The van der Waals surface area contributed by atoms with Crippen molar-refractivity contribution in [2.75, 3.05) is 37.6 Å². The number of hydrogen-bond donors (Lipinski definition) is 1. The lowest BCUT2D eigenvalue weighted by Crippen LogP contribution is -2.47. The van der Waals surface area contributed by atoms with Crippen LogP contribution >= 0.6 is 11.6 Å². The van der Waals surface area contributed by atoms with Gasteiger partial charge in [0.2, 0.25) is 0 Å². The summed E-state index contributed by atoms with van der Waals surface area (Å²) in [5, 5.41) is 1.85. The Morgan fingerprint density at radius 1 is 0.974 bits per heavy atom. The van der Waals surface area contributed by atoms with E-state index < -0.39 is 0 Å². The van der Waals surface area contributed by atoms with Crippen molar-refractivity contribution in [3.05, 3.63) is 89.2 Å². The van der Waals surface area contributed by atoms with Crippen LogP contribution in [0.15, 0.2) is 78.6 Å². The van der Waals surface area contributed by atoms with Crippen molar-refractivity contribution in [2.24, 2.45) is 5.41 Å². The molecule has 1 aliphatic heterocycles. The lowest BCUT2D eigenvalue weighted by atomic mass is 9.72. The summed E-state index contributed by atoms with van der Waals surface area (Å²) in [6, 6.07) is 20.9. The number of piperazine rings is 1. The molecule has 6 heteroatoms. The maximum atomic E-state index is 6.19. The van der Waals surface area contributed by atoms with Gasteiger partial charge in [-0.25, -0.2) is 4.98 Å². The number of H-pyrrole nitrogens is 1. The highest BCUT2D eigenvalue weighted by molar-refractivity contribution is 6.30. The standard InChI is InChI=1S/C32H35ClN4O/c1-32(2)12-10-25(30(20-32)23-6-8-26(33)9-7-23)22-36-14-16-37(17-15-36)27-4-3-5-28(19-27)38-29-18-24-11-13-34-31(24)35-21-29/h3-9,11,13,18-19,21H,10,12,14-17,20,22H2,1-2H3,(H,34,35). The Hall–Kier alpha value is -3.28. The highest BCUT2D eigenvalue weighted by Crippen LogP contribution is 2.43. The Morgan fingerprint density at radius 3 is 2.61 bits per heavy atom. The van der Waals surface area contributed by atoms with Gasteiger partial charge in [0.05, 0.1) is 6.20 Å². The number of aromatic amines is 1. The third-order valence-corrected chi connectivity index (χ3v) is 8.21. The molecular weight excluding hydrogens is 492 g/mol. The molecule has 0 radical (unpaired) electrons. The van der Waals surface area contributed by atoms with Crippen molar-refractivity contribution in [3.63, 3.8) is 0 Å². The number of nitrogens with one attached hydrogen (secondary N) is 1. The number of anilines is 1. The molecule has 0 spiro atoms. The minimum absolute atomic E-state index is 0.341. The molecule has 2 aromatic carbocycles. The average molecular weight is 527 g/mol. The molecule has 0 atom stereocenters. The molecule has 6 rings (SSSR count). The molecule has 0 unspecified atom stereocenters. The first-order valence-corrected chi connectivity index (χ1v) is 13.9. The van der Waals surface area contributed by atoms with E-state index in [4.69, 9.17) is 16.3 Å². The van der Waals surface area contributed by atoms with Crippen molar-refractivity contribution in [2.45, 2.75) is 33.1 Å². The van der Waals surface area contributed by atoms with Crippen molar-refractivity contribution >= 4 is 33.9 Å². The summed E-state index contributed by atoms with van der Waals surface area (Å²) >= 11 is 6.19. The number of fused-ring (bicyclic) bond motifs is 1. The van der Waals surface area contributed by atoms with Gasteiger partial charge >= 0.3 is 0 Å². The van der Waals surface area contributed by atoms with E-state index in [-0.39, 0.29) is 0 Å². The summed E-state index contributed by atoms with van der Waals surface area (Å²) in [6.45, 7) is 9.97. The number of halogens is 1. The average Bonchev–Trinajstić information content (AvgIpc) is 3.39. The fraction of sp³-hybridized carbons (Fsp3) is 0.344. The summed E-state index contributed by atoms with van der Waals surface area (Å²) < 4.78 is 6.16. The monoisotopic (exact) mass is 526 g/mol. The van der Waals surface area contributed by atoms with Gasteiger partial charge < -0.3 is 14.6 Å². The molecule has 0 amide bonds. The molecule has 1 N–H and O–H groups in total. The van der Waals surface area contributed by atoms with Crippen LogP contribution in [0.1, 0.15) is 38.7 Å². The summed E-state index contributed by atoms with van der Waals surface area (Å²) in [4.78, 5) is 12.7. The first-order chi connectivity index (χ1) is 18.4. The predicted molar refractivity (Wildman–Crippen MR) is 157 cm³/mol. The summed E-state index contributed by atoms with van der Waals surface area (Å²) in [5.74, 6) is 1.59.